The second-order valence-electron chi connectivity index (χ2n) is 5.86. The lowest BCUT2D eigenvalue weighted by Gasteiger charge is -2.33. The summed E-state index contributed by atoms with van der Waals surface area (Å²) in [6.07, 6.45) is 4.39. The van der Waals surface area contributed by atoms with E-state index in [9.17, 15) is 0 Å². The molecule has 0 radical (unpaired) electrons. The highest BCUT2D eigenvalue weighted by molar-refractivity contribution is 7.80. The van der Waals surface area contributed by atoms with Crippen molar-refractivity contribution in [2.75, 3.05) is 5.32 Å². The number of nitrogens with one attached hydrogen (secondary N) is 2. The molecule has 1 aliphatic carbocycles. The van der Waals surface area contributed by atoms with Crippen LogP contribution in [0.1, 0.15) is 31.2 Å². The van der Waals surface area contributed by atoms with Crippen LogP contribution < -0.4 is 10.6 Å². The number of halogens is 2. The van der Waals surface area contributed by atoms with E-state index in [1.807, 2.05) is 42.5 Å². The molecule has 2 aromatic rings. The third kappa shape index (κ3) is 3.79. The van der Waals surface area contributed by atoms with Gasteiger partial charge in [-0.2, -0.15) is 0 Å². The molecular formula is C18H18Cl2N2S. The highest BCUT2D eigenvalue weighted by Gasteiger charge is 2.37. The van der Waals surface area contributed by atoms with Crippen molar-refractivity contribution in [2.24, 2.45) is 0 Å². The highest BCUT2D eigenvalue weighted by atomic mass is 35.5. The SMILES string of the molecule is S=C(Nc1ccc(Cl)cc1)NC1(c2ccccc2Cl)CCCC1. The zero-order valence-corrected chi connectivity index (χ0v) is 14.9. The minimum Gasteiger partial charge on any atom is -0.353 e. The summed E-state index contributed by atoms with van der Waals surface area (Å²) in [5.41, 5.74) is 1.85. The van der Waals surface area contributed by atoms with Crippen molar-refractivity contribution in [1.82, 2.24) is 5.32 Å². The molecule has 23 heavy (non-hydrogen) atoms. The minimum atomic E-state index is -0.186. The summed E-state index contributed by atoms with van der Waals surface area (Å²) in [5.74, 6) is 0. The number of rotatable bonds is 3. The molecular weight excluding hydrogens is 347 g/mol. The maximum Gasteiger partial charge on any atom is 0.171 e. The molecule has 1 aliphatic rings. The first-order chi connectivity index (χ1) is 11.1. The van der Waals surface area contributed by atoms with Crippen molar-refractivity contribution in [3.8, 4) is 0 Å². The topological polar surface area (TPSA) is 24.1 Å². The molecule has 1 fully saturated rings. The third-order valence-corrected chi connectivity index (χ3v) is 5.09. The van der Waals surface area contributed by atoms with Crippen molar-refractivity contribution < 1.29 is 0 Å². The Balaban J connectivity index is 1.79. The van der Waals surface area contributed by atoms with E-state index in [0.717, 1.165) is 29.1 Å². The second kappa shape index (κ2) is 7.08. The van der Waals surface area contributed by atoms with Gasteiger partial charge in [0.25, 0.3) is 0 Å². The van der Waals surface area contributed by atoms with Crippen LogP contribution in [0.15, 0.2) is 48.5 Å². The molecule has 0 aliphatic heterocycles. The first kappa shape index (κ1) is 16.6. The first-order valence-electron chi connectivity index (χ1n) is 7.69. The molecule has 5 heteroatoms. The van der Waals surface area contributed by atoms with E-state index in [4.69, 9.17) is 35.4 Å². The lowest BCUT2D eigenvalue weighted by molar-refractivity contribution is 0.408. The quantitative estimate of drug-likeness (QED) is 0.678. The van der Waals surface area contributed by atoms with Gasteiger partial charge in [-0.3, -0.25) is 0 Å². The lowest BCUT2D eigenvalue weighted by Crippen LogP contribution is -2.45. The van der Waals surface area contributed by atoms with Gasteiger partial charge in [0, 0.05) is 15.7 Å². The summed E-state index contributed by atoms with van der Waals surface area (Å²) < 4.78 is 0. The van der Waals surface area contributed by atoms with Gasteiger partial charge in [-0.05, 0) is 61.0 Å². The molecule has 0 heterocycles. The molecule has 0 spiro atoms. The van der Waals surface area contributed by atoms with Crippen LogP contribution in [-0.4, -0.2) is 5.11 Å². The maximum absolute atomic E-state index is 6.44. The molecule has 0 bridgehead atoms. The summed E-state index contributed by atoms with van der Waals surface area (Å²) in [6.45, 7) is 0. The van der Waals surface area contributed by atoms with Gasteiger partial charge in [-0.1, -0.05) is 54.2 Å². The van der Waals surface area contributed by atoms with Crippen molar-refractivity contribution in [2.45, 2.75) is 31.2 Å². The van der Waals surface area contributed by atoms with Gasteiger partial charge in [0.15, 0.2) is 5.11 Å². The van der Waals surface area contributed by atoms with Crippen LogP contribution in [0, 0.1) is 0 Å². The van der Waals surface area contributed by atoms with Crippen LogP contribution in [0.25, 0.3) is 0 Å². The molecule has 1 saturated carbocycles. The fourth-order valence-corrected chi connectivity index (χ4v) is 3.96. The Morgan fingerprint density at radius 2 is 1.61 bits per heavy atom. The standard InChI is InChI=1S/C18H18Cl2N2S/c19-13-7-9-14(10-8-13)21-17(23)22-18(11-3-4-12-18)15-5-1-2-6-16(15)20/h1-2,5-10H,3-4,11-12H2,(H2,21,22,23). The van der Waals surface area contributed by atoms with Crippen LogP contribution in [0.4, 0.5) is 5.69 Å². The van der Waals surface area contributed by atoms with Crippen LogP contribution in [0.5, 0.6) is 0 Å². The molecule has 0 saturated heterocycles. The normalized spacial score (nSPS) is 16.1. The summed E-state index contributed by atoms with van der Waals surface area (Å²) in [6, 6.07) is 15.5. The summed E-state index contributed by atoms with van der Waals surface area (Å²) in [5, 5.41) is 8.84. The van der Waals surface area contributed by atoms with E-state index in [0.29, 0.717) is 10.1 Å². The van der Waals surface area contributed by atoms with Gasteiger partial charge in [-0.15, -0.1) is 0 Å². The molecule has 0 unspecified atom stereocenters. The average molecular weight is 365 g/mol. The summed E-state index contributed by atoms with van der Waals surface area (Å²) >= 11 is 17.9. The highest BCUT2D eigenvalue weighted by Crippen LogP contribution is 2.41. The Morgan fingerprint density at radius 1 is 0.957 bits per heavy atom. The van der Waals surface area contributed by atoms with Gasteiger partial charge >= 0.3 is 0 Å². The van der Waals surface area contributed by atoms with E-state index >= 15 is 0 Å². The minimum absolute atomic E-state index is 0.186. The van der Waals surface area contributed by atoms with Crippen molar-refractivity contribution in [3.05, 3.63) is 64.1 Å². The molecule has 2 aromatic carbocycles. The maximum atomic E-state index is 6.44. The molecule has 0 amide bonds. The average Bonchev–Trinajstić information content (AvgIpc) is 2.99. The third-order valence-electron chi connectivity index (χ3n) is 4.30. The molecule has 0 atom stereocenters. The molecule has 0 aromatic heterocycles. The van der Waals surface area contributed by atoms with Gasteiger partial charge in [0.05, 0.1) is 5.54 Å². The van der Waals surface area contributed by atoms with Crippen molar-refractivity contribution in [1.29, 1.82) is 0 Å². The predicted octanol–water partition coefficient (Wildman–Crippen LogP) is 5.75. The van der Waals surface area contributed by atoms with Crippen molar-refractivity contribution in [3.63, 3.8) is 0 Å². The van der Waals surface area contributed by atoms with Crippen molar-refractivity contribution >= 4 is 46.2 Å². The van der Waals surface area contributed by atoms with E-state index in [1.54, 1.807) is 0 Å². The van der Waals surface area contributed by atoms with E-state index in [-0.39, 0.29) is 5.54 Å². The Kier molecular flexibility index (Phi) is 5.10. The molecule has 3 rings (SSSR count). The first-order valence-corrected chi connectivity index (χ1v) is 8.85. The van der Waals surface area contributed by atoms with Crippen LogP contribution in [0.2, 0.25) is 10.0 Å². The Hall–Kier alpha value is -1.29. The monoisotopic (exact) mass is 364 g/mol. The number of thiocarbonyl (C=S) groups is 1. The van der Waals surface area contributed by atoms with Crippen LogP contribution >= 0.6 is 35.4 Å². The number of hydrogen-bond acceptors (Lipinski definition) is 1. The molecule has 120 valence electrons. The van der Waals surface area contributed by atoms with Crippen LogP contribution in [-0.2, 0) is 5.54 Å². The zero-order chi connectivity index (χ0) is 16.3. The van der Waals surface area contributed by atoms with Crippen LogP contribution in [0.3, 0.4) is 0 Å². The van der Waals surface area contributed by atoms with E-state index < -0.39 is 0 Å². The van der Waals surface area contributed by atoms with Gasteiger partial charge in [0.2, 0.25) is 0 Å². The fraction of sp³-hybridized carbons (Fsp3) is 0.278. The number of anilines is 1. The number of benzene rings is 2. The summed E-state index contributed by atoms with van der Waals surface area (Å²) in [4.78, 5) is 0. The smallest absolute Gasteiger partial charge is 0.171 e. The Bertz CT molecular complexity index is 694. The van der Waals surface area contributed by atoms with E-state index in [1.165, 1.54) is 12.8 Å². The molecule has 2 nitrogen and oxygen atoms in total. The fourth-order valence-electron chi connectivity index (χ4n) is 3.20. The zero-order valence-electron chi connectivity index (χ0n) is 12.6. The predicted molar refractivity (Wildman–Crippen MR) is 102 cm³/mol. The second-order valence-corrected chi connectivity index (χ2v) is 7.11. The Labute approximate surface area is 152 Å². The van der Waals surface area contributed by atoms with Gasteiger partial charge in [-0.25, -0.2) is 0 Å². The largest absolute Gasteiger partial charge is 0.353 e. The Morgan fingerprint density at radius 3 is 2.26 bits per heavy atom. The van der Waals surface area contributed by atoms with Gasteiger partial charge < -0.3 is 10.6 Å². The summed E-state index contributed by atoms with van der Waals surface area (Å²) in [7, 11) is 0. The lowest BCUT2D eigenvalue weighted by atomic mass is 9.88. The van der Waals surface area contributed by atoms with E-state index in [2.05, 4.69) is 16.7 Å². The number of hydrogen-bond donors (Lipinski definition) is 2. The molecule has 2 N–H and O–H groups in total. The van der Waals surface area contributed by atoms with Gasteiger partial charge in [0.1, 0.15) is 0 Å².